The van der Waals surface area contributed by atoms with Crippen LogP contribution in [0.4, 0.5) is 11.5 Å². The van der Waals surface area contributed by atoms with Gasteiger partial charge in [0.1, 0.15) is 5.82 Å². The average molecular weight is 215 g/mol. The Balaban J connectivity index is 2.52. The van der Waals surface area contributed by atoms with Gasteiger partial charge in [0.25, 0.3) is 0 Å². The van der Waals surface area contributed by atoms with Gasteiger partial charge < -0.3 is 5.73 Å². The predicted molar refractivity (Wildman–Crippen MR) is 65.4 cm³/mol. The van der Waals surface area contributed by atoms with Gasteiger partial charge >= 0.3 is 0 Å². The minimum absolute atomic E-state index is 0.225. The van der Waals surface area contributed by atoms with E-state index in [4.69, 9.17) is 12.3 Å². The molecule has 1 aromatic heterocycles. The molecule has 1 heterocycles. The first-order valence-electron chi connectivity index (χ1n) is 5.60. The van der Waals surface area contributed by atoms with Crippen molar-refractivity contribution >= 4 is 11.5 Å². The molecule has 1 aliphatic rings. The molecule has 0 saturated heterocycles. The Labute approximate surface area is 96.5 Å². The Morgan fingerprint density at radius 3 is 2.75 bits per heavy atom. The molecule has 0 aliphatic heterocycles. The number of nitrogen functional groups attached to an aromatic ring is 1. The third kappa shape index (κ3) is 1.65. The highest BCUT2D eigenvalue weighted by molar-refractivity contribution is 5.65. The lowest BCUT2D eigenvalue weighted by molar-refractivity contribution is 0.319. The number of hydrogen-bond acceptors (Lipinski definition) is 2. The smallest absolute Gasteiger partial charge is 0.228 e. The molecule has 0 aromatic carbocycles. The van der Waals surface area contributed by atoms with Gasteiger partial charge in [-0.25, -0.2) is 9.83 Å². The molecule has 0 saturated carbocycles. The zero-order chi connectivity index (χ0) is 11.9. The fourth-order valence-electron chi connectivity index (χ4n) is 2.50. The second kappa shape index (κ2) is 3.48. The van der Waals surface area contributed by atoms with E-state index in [0.717, 1.165) is 18.5 Å². The van der Waals surface area contributed by atoms with E-state index in [9.17, 15) is 0 Å². The van der Waals surface area contributed by atoms with Gasteiger partial charge in [0, 0.05) is 5.69 Å². The van der Waals surface area contributed by atoms with Crippen molar-refractivity contribution in [2.75, 3.05) is 5.73 Å². The van der Waals surface area contributed by atoms with Crippen LogP contribution in [0, 0.1) is 12.0 Å². The van der Waals surface area contributed by atoms with E-state index in [1.807, 2.05) is 6.07 Å². The van der Waals surface area contributed by atoms with Crippen molar-refractivity contribution < 1.29 is 0 Å². The van der Waals surface area contributed by atoms with Gasteiger partial charge in [-0.15, -0.1) is 0 Å². The van der Waals surface area contributed by atoms with Gasteiger partial charge in [-0.3, -0.25) is 0 Å². The van der Waals surface area contributed by atoms with E-state index in [1.165, 1.54) is 5.56 Å². The maximum Gasteiger partial charge on any atom is 0.228 e. The molecule has 0 fully saturated rings. The molecule has 0 bridgehead atoms. The summed E-state index contributed by atoms with van der Waals surface area (Å²) in [6.45, 7) is 13.8. The molecular weight excluding hydrogens is 198 g/mol. The fraction of sp³-hybridized carbons (Fsp3) is 0.538. The van der Waals surface area contributed by atoms with Gasteiger partial charge in [0.05, 0.1) is 6.57 Å². The number of aromatic nitrogens is 1. The molecule has 84 valence electrons. The lowest BCUT2D eigenvalue weighted by Crippen LogP contribution is -2.16. The number of pyridine rings is 1. The first kappa shape index (κ1) is 10.9. The van der Waals surface area contributed by atoms with E-state index in [2.05, 4.69) is 30.6 Å². The summed E-state index contributed by atoms with van der Waals surface area (Å²) in [5.74, 6) is 0.874. The van der Waals surface area contributed by atoms with Gasteiger partial charge in [-0.2, -0.15) is 0 Å². The summed E-state index contributed by atoms with van der Waals surface area (Å²) in [6.07, 6.45) is 2.10. The second-order valence-electron chi connectivity index (χ2n) is 5.50. The van der Waals surface area contributed by atoms with Crippen LogP contribution in [0.5, 0.6) is 0 Å². The number of rotatable bonds is 0. The van der Waals surface area contributed by atoms with Gasteiger partial charge in [0.15, 0.2) is 0 Å². The highest BCUT2D eigenvalue weighted by atomic mass is 14.9. The minimum atomic E-state index is 0.225. The molecule has 16 heavy (non-hydrogen) atoms. The predicted octanol–water partition coefficient (Wildman–Crippen LogP) is 3.29. The highest BCUT2D eigenvalue weighted by Gasteiger charge is 2.33. The van der Waals surface area contributed by atoms with Gasteiger partial charge in [-0.05, 0) is 35.8 Å². The van der Waals surface area contributed by atoms with E-state index < -0.39 is 0 Å². The Kier molecular flexibility index (Phi) is 2.38. The fourth-order valence-corrected chi connectivity index (χ4v) is 2.50. The van der Waals surface area contributed by atoms with Crippen molar-refractivity contribution in [2.45, 2.75) is 39.5 Å². The van der Waals surface area contributed by atoms with E-state index in [0.29, 0.717) is 17.4 Å². The molecule has 0 spiro atoms. The van der Waals surface area contributed by atoms with Crippen LogP contribution in [-0.4, -0.2) is 4.98 Å². The first-order chi connectivity index (χ1) is 7.43. The Morgan fingerprint density at radius 1 is 1.50 bits per heavy atom. The Morgan fingerprint density at radius 2 is 2.19 bits per heavy atom. The molecular formula is C13H17N3. The number of nitrogens with two attached hydrogens (primary N) is 1. The van der Waals surface area contributed by atoms with E-state index in [1.54, 1.807) is 0 Å². The number of aryl methyl sites for hydroxylation is 1. The normalized spacial score (nSPS) is 19.2. The number of anilines is 1. The lowest BCUT2D eigenvalue weighted by Gasteiger charge is -2.27. The zero-order valence-corrected chi connectivity index (χ0v) is 10.0. The summed E-state index contributed by atoms with van der Waals surface area (Å²) >= 11 is 0. The first-order valence-corrected chi connectivity index (χ1v) is 5.60. The average Bonchev–Trinajstić information content (AvgIpc) is 2.58. The summed E-state index contributed by atoms with van der Waals surface area (Å²) in [6, 6.07) is 1.94. The molecule has 3 nitrogen and oxygen atoms in total. The van der Waals surface area contributed by atoms with E-state index in [-0.39, 0.29) is 5.41 Å². The Bertz CT molecular complexity index is 463. The molecule has 0 radical (unpaired) electrons. The Hall–Kier alpha value is -1.56. The van der Waals surface area contributed by atoms with Crippen molar-refractivity contribution in [3.63, 3.8) is 0 Å². The van der Waals surface area contributed by atoms with Crippen molar-refractivity contribution in [2.24, 2.45) is 5.41 Å². The summed E-state index contributed by atoms with van der Waals surface area (Å²) in [4.78, 5) is 7.78. The number of hydrogen-bond donors (Lipinski definition) is 1. The van der Waals surface area contributed by atoms with Gasteiger partial charge in [0.2, 0.25) is 5.69 Å². The largest absolute Gasteiger partial charge is 0.392 e. The van der Waals surface area contributed by atoms with E-state index >= 15 is 0 Å². The monoisotopic (exact) mass is 215 g/mol. The van der Waals surface area contributed by atoms with Crippen molar-refractivity contribution in [1.29, 1.82) is 0 Å². The second-order valence-corrected chi connectivity index (χ2v) is 5.50. The molecule has 1 unspecified atom stereocenters. The molecule has 3 heteroatoms. The van der Waals surface area contributed by atoms with Crippen molar-refractivity contribution in [3.8, 4) is 0 Å². The molecule has 2 N–H and O–H groups in total. The lowest BCUT2D eigenvalue weighted by atomic mass is 9.77. The summed E-state index contributed by atoms with van der Waals surface area (Å²) in [7, 11) is 0. The maximum atomic E-state index is 7.07. The topological polar surface area (TPSA) is 43.3 Å². The van der Waals surface area contributed by atoms with Crippen molar-refractivity contribution in [1.82, 2.24) is 4.98 Å². The van der Waals surface area contributed by atoms with Crippen LogP contribution in [0.3, 0.4) is 0 Å². The molecule has 1 aliphatic carbocycles. The third-order valence-corrected chi connectivity index (χ3v) is 3.35. The SMILES string of the molecule is [C-]#[N+]c1cc2c(nc1N)CCC2C(C)(C)C. The van der Waals surface area contributed by atoms with Crippen LogP contribution < -0.4 is 5.73 Å². The number of nitrogens with zero attached hydrogens (tertiary/aromatic N) is 2. The number of fused-ring (bicyclic) bond motifs is 1. The highest BCUT2D eigenvalue weighted by Crippen LogP contribution is 2.45. The van der Waals surface area contributed by atoms with Crippen LogP contribution in [-0.2, 0) is 6.42 Å². The van der Waals surface area contributed by atoms with Crippen LogP contribution >= 0.6 is 0 Å². The van der Waals surface area contributed by atoms with Crippen molar-refractivity contribution in [3.05, 3.63) is 28.7 Å². The molecule has 2 rings (SSSR count). The molecule has 0 amide bonds. The van der Waals surface area contributed by atoms with Crippen LogP contribution in [0.25, 0.3) is 4.85 Å². The zero-order valence-electron chi connectivity index (χ0n) is 10.0. The van der Waals surface area contributed by atoms with Gasteiger partial charge in [-0.1, -0.05) is 20.8 Å². The summed E-state index contributed by atoms with van der Waals surface area (Å²) in [5, 5.41) is 0. The maximum absolute atomic E-state index is 7.07. The van der Waals surface area contributed by atoms with Crippen LogP contribution in [0.2, 0.25) is 0 Å². The summed E-state index contributed by atoms with van der Waals surface area (Å²) in [5.41, 5.74) is 8.77. The standard InChI is InChI=1S/C13H17N3/c1-13(2,3)9-5-6-10-8(9)7-11(15-4)12(14)16-10/h7,9H,5-6H2,1-3H3,(H2,14,16). The molecule has 1 aromatic rings. The quantitative estimate of drug-likeness (QED) is 0.675. The minimum Gasteiger partial charge on any atom is -0.392 e. The van der Waals surface area contributed by atoms with Crippen LogP contribution in [0.15, 0.2) is 6.07 Å². The van der Waals surface area contributed by atoms with Crippen LogP contribution in [0.1, 0.15) is 44.4 Å². The molecule has 1 atom stereocenters. The third-order valence-electron chi connectivity index (χ3n) is 3.35. The summed E-state index contributed by atoms with van der Waals surface area (Å²) < 4.78 is 0.